The molecule has 0 N–H and O–H groups in total. The first-order valence-electron chi connectivity index (χ1n) is 4.73. The van der Waals surface area contributed by atoms with E-state index in [0.717, 1.165) is 4.47 Å². The molecule has 2 aromatic rings. The predicted octanol–water partition coefficient (Wildman–Crippen LogP) is 5.91. The molecule has 0 aliphatic heterocycles. The van der Waals surface area contributed by atoms with Crippen molar-refractivity contribution in [1.82, 2.24) is 0 Å². The number of hydrogen-bond acceptors (Lipinski definition) is 1. The molecule has 16 heavy (non-hydrogen) atoms. The van der Waals surface area contributed by atoms with Gasteiger partial charge in [-0.25, -0.2) is 0 Å². The molecule has 0 fully saturated rings. The van der Waals surface area contributed by atoms with E-state index >= 15 is 0 Å². The third-order valence-corrected chi connectivity index (χ3v) is 5.99. The highest BCUT2D eigenvalue weighted by Gasteiger charge is 2.15. The Hall–Kier alpha value is 0.610. The van der Waals surface area contributed by atoms with Crippen LogP contribution in [0.2, 0.25) is 0 Å². The van der Waals surface area contributed by atoms with E-state index in [1.54, 1.807) is 0 Å². The van der Waals surface area contributed by atoms with Crippen LogP contribution in [0.1, 0.15) is 20.1 Å². The van der Waals surface area contributed by atoms with Crippen molar-refractivity contribution >= 4 is 65.8 Å². The van der Waals surface area contributed by atoms with Crippen LogP contribution in [-0.4, -0.2) is 0 Å². The number of benzene rings is 1. The summed E-state index contributed by atoms with van der Waals surface area (Å²) in [5.41, 5.74) is 1.29. The molecule has 0 saturated carbocycles. The third-order valence-electron chi connectivity index (χ3n) is 2.24. The first-order valence-corrected chi connectivity index (χ1v) is 8.33. The Labute approximate surface area is 130 Å². The summed E-state index contributed by atoms with van der Waals surface area (Å²) in [5.74, 6) is 0. The molecule has 84 valence electrons. The van der Waals surface area contributed by atoms with Gasteiger partial charge in [-0.05, 0) is 65.4 Å². The highest BCUT2D eigenvalue weighted by Crippen LogP contribution is 2.38. The standard InChI is InChI=1S/C12H9Br2IS/c1-7-2-5-11(16-7)12(14)9-6-8(15)3-4-10(9)13/h2-6,12H,1H3. The maximum Gasteiger partial charge on any atom is 0.0749 e. The van der Waals surface area contributed by atoms with Crippen molar-refractivity contribution in [2.75, 3.05) is 0 Å². The Bertz CT molecular complexity index is 507. The van der Waals surface area contributed by atoms with Crippen molar-refractivity contribution in [3.05, 3.63) is 53.7 Å². The van der Waals surface area contributed by atoms with Crippen molar-refractivity contribution in [3.63, 3.8) is 0 Å². The van der Waals surface area contributed by atoms with Gasteiger partial charge < -0.3 is 0 Å². The van der Waals surface area contributed by atoms with Crippen LogP contribution in [0, 0.1) is 10.5 Å². The van der Waals surface area contributed by atoms with Crippen LogP contribution in [0.3, 0.4) is 0 Å². The molecule has 2 rings (SSSR count). The highest BCUT2D eigenvalue weighted by atomic mass is 127. The fourth-order valence-corrected chi connectivity index (χ4v) is 4.44. The van der Waals surface area contributed by atoms with E-state index in [1.165, 1.54) is 18.9 Å². The number of rotatable bonds is 2. The van der Waals surface area contributed by atoms with E-state index in [2.05, 4.69) is 91.7 Å². The summed E-state index contributed by atoms with van der Waals surface area (Å²) in [5, 5.41) is 0. The zero-order chi connectivity index (χ0) is 11.7. The Balaban J connectivity index is 2.40. The van der Waals surface area contributed by atoms with Gasteiger partial charge in [0.1, 0.15) is 0 Å². The zero-order valence-electron chi connectivity index (χ0n) is 8.51. The van der Waals surface area contributed by atoms with Gasteiger partial charge in [-0.1, -0.05) is 31.9 Å². The summed E-state index contributed by atoms with van der Waals surface area (Å²) < 4.78 is 2.41. The highest BCUT2D eigenvalue weighted by molar-refractivity contribution is 14.1. The average molecular weight is 472 g/mol. The summed E-state index contributed by atoms with van der Waals surface area (Å²) in [6.45, 7) is 2.14. The third kappa shape index (κ3) is 2.89. The molecule has 0 bridgehead atoms. The van der Waals surface area contributed by atoms with Gasteiger partial charge in [0, 0.05) is 17.8 Å². The Morgan fingerprint density at radius 1 is 1.25 bits per heavy atom. The van der Waals surface area contributed by atoms with Gasteiger partial charge in [0.05, 0.1) is 4.83 Å². The molecule has 4 heteroatoms. The van der Waals surface area contributed by atoms with Crippen LogP contribution in [-0.2, 0) is 0 Å². The molecular formula is C12H9Br2IS. The molecule has 0 spiro atoms. The molecule has 0 radical (unpaired) electrons. The first kappa shape index (κ1) is 13.1. The van der Waals surface area contributed by atoms with Gasteiger partial charge in [-0.15, -0.1) is 11.3 Å². The van der Waals surface area contributed by atoms with E-state index in [4.69, 9.17) is 0 Å². The van der Waals surface area contributed by atoms with Crippen molar-refractivity contribution in [2.24, 2.45) is 0 Å². The Morgan fingerprint density at radius 2 is 2.00 bits per heavy atom. The fraction of sp³-hybridized carbons (Fsp3) is 0.167. The van der Waals surface area contributed by atoms with Gasteiger partial charge in [0.15, 0.2) is 0 Å². The van der Waals surface area contributed by atoms with Crippen LogP contribution in [0.5, 0.6) is 0 Å². The van der Waals surface area contributed by atoms with E-state index in [9.17, 15) is 0 Å². The molecular weight excluding hydrogens is 463 g/mol. The minimum absolute atomic E-state index is 0.273. The zero-order valence-corrected chi connectivity index (χ0v) is 14.7. The Kier molecular flexibility index (Phi) is 4.49. The second-order valence-corrected chi connectivity index (χ2v) is 7.81. The van der Waals surface area contributed by atoms with Gasteiger partial charge >= 0.3 is 0 Å². The van der Waals surface area contributed by atoms with Crippen LogP contribution in [0.15, 0.2) is 34.8 Å². The number of hydrogen-bond donors (Lipinski definition) is 0. The fourth-order valence-electron chi connectivity index (χ4n) is 1.45. The second-order valence-electron chi connectivity index (χ2n) is 3.48. The molecule has 1 aromatic carbocycles. The van der Waals surface area contributed by atoms with Crippen LogP contribution in [0.25, 0.3) is 0 Å². The van der Waals surface area contributed by atoms with Crippen molar-refractivity contribution in [3.8, 4) is 0 Å². The largest absolute Gasteiger partial charge is 0.144 e. The average Bonchev–Trinajstić information content (AvgIpc) is 2.67. The first-order chi connectivity index (χ1) is 7.58. The smallest absolute Gasteiger partial charge is 0.0749 e. The molecule has 1 unspecified atom stereocenters. The minimum atomic E-state index is 0.273. The SMILES string of the molecule is Cc1ccc(C(Br)c2cc(I)ccc2Br)s1. The monoisotopic (exact) mass is 470 g/mol. The summed E-state index contributed by atoms with van der Waals surface area (Å²) in [6, 6.07) is 10.8. The maximum absolute atomic E-state index is 3.77. The summed E-state index contributed by atoms with van der Waals surface area (Å²) in [4.78, 5) is 2.97. The second kappa shape index (κ2) is 5.50. The molecule has 0 saturated heterocycles. The molecule has 1 aromatic heterocycles. The van der Waals surface area contributed by atoms with Gasteiger partial charge in [-0.2, -0.15) is 0 Å². The van der Waals surface area contributed by atoms with Gasteiger partial charge in [0.2, 0.25) is 0 Å². The molecule has 0 nitrogen and oxygen atoms in total. The lowest BCUT2D eigenvalue weighted by molar-refractivity contribution is 1.20. The lowest BCUT2D eigenvalue weighted by atomic mass is 10.1. The van der Waals surface area contributed by atoms with E-state index in [1.807, 2.05) is 11.3 Å². The van der Waals surface area contributed by atoms with Crippen LogP contribution < -0.4 is 0 Å². The van der Waals surface area contributed by atoms with E-state index in [-0.39, 0.29) is 4.83 Å². The molecule has 1 atom stereocenters. The van der Waals surface area contributed by atoms with E-state index in [0.29, 0.717) is 0 Å². The van der Waals surface area contributed by atoms with Crippen molar-refractivity contribution in [2.45, 2.75) is 11.8 Å². The van der Waals surface area contributed by atoms with Gasteiger partial charge in [0.25, 0.3) is 0 Å². The molecule has 0 aliphatic carbocycles. The number of thiophene rings is 1. The summed E-state index contributed by atoms with van der Waals surface area (Å²) in [7, 11) is 0. The molecule has 0 aliphatic rings. The van der Waals surface area contributed by atoms with Crippen LogP contribution >= 0.6 is 65.8 Å². The molecule has 1 heterocycles. The van der Waals surface area contributed by atoms with Gasteiger partial charge in [-0.3, -0.25) is 0 Å². The number of aryl methyl sites for hydroxylation is 1. The lowest BCUT2D eigenvalue weighted by Crippen LogP contribution is -1.92. The van der Waals surface area contributed by atoms with E-state index < -0.39 is 0 Å². The summed E-state index contributed by atoms with van der Waals surface area (Å²) >= 11 is 11.6. The minimum Gasteiger partial charge on any atom is -0.144 e. The van der Waals surface area contributed by atoms with Crippen molar-refractivity contribution in [1.29, 1.82) is 0 Å². The normalized spacial score (nSPS) is 12.8. The lowest BCUT2D eigenvalue weighted by Gasteiger charge is -2.11. The molecule has 0 amide bonds. The number of halogens is 3. The predicted molar refractivity (Wildman–Crippen MR) is 86.7 cm³/mol. The maximum atomic E-state index is 3.77. The topological polar surface area (TPSA) is 0 Å². The number of alkyl halides is 1. The Morgan fingerprint density at radius 3 is 2.62 bits per heavy atom. The van der Waals surface area contributed by atoms with Crippen molar-refractivity contribution < 1.29 is 0 Å². The van der Waals surface area contributed by atoms with Crippen LogP contribution in [0.4, 0.5) is 0 Å². The summed E-state index contributed by atoms with van der Waals surface area (Å²) in [6.07, 6.45) is 0. The quantitative estimate of drug-likeness (QED) is 0.377.